The highest BCUT2D eigenvalue weighted by Gasteiger charge is 2.00. The Hall–Kier alpha value is -2.27. The first kappa shape index (κ1) is 16.1. The summed E-state index contributed by atoms with van der Waals surface area (Å²) in [4.78, 5) is 17.7. The molecular weight excluding hydrogens is 296 g/mol. The van der Waals surface area contributed by atoms with Crippen LogP contribution in [0.25, 0.3) is 0 Å². The van der Waals surface area contributed by atoms with Crippen molar-refractivity contribution in [3.8, 4) is 0 Å². The summed E-state index contributed by atoms with van der Waals surface area (Å²) in [6.07, 6.45) is 1.58. The molecule has 0 heterocycles. The van der Waals surface area contributed by atoms with Crippen molar-refractivity contribution in [2.75, 3.05) is 18.9 Å². The number of rotatable bonds is 8. The van der Waals surface area contributed by atoms with E-state index in [4.69, 9.17) is 4.84 Å². The molecule has 0 fully saturated rings. The zero-order valence-electron chi connectivity index (χ0n) is 12.1. The zero-order valence-corrected chi connectivity index (χ0v) is 13.0. The van der Waals surface area contributed by atoms with E-state index in [9.17, 15) is 4.79 Å². The molecule has 2 aromatic carbocycles. The zero-order chi connectivity index (χ0) is 15.5. The van der Waals surface area contributed by atoms with E-state index in [0.29, 0.717) is 6.54 Å². The Balaban J connectivity index is 1.55. The van der Waals surface area contributed by atoms with E-state index in [1.807, 2.05) is 60.7 Å². The van der Waals surface area contributed by atoms with Gasteiger partial charge >= 0.3 is 0 Å². The summed E-state index contributed by atoms with van der Waals surface area (Å²) in [5, 5.41) is 6.56. The Morgan fingerprint density at radius 2 is 1.77 bits per heavy atom. The van der Waals surface area contributed by atoms with Crippen LogP contribution in [0.3, 0.4) is 0 Å². The molecule has 2 rings (SSSR count). The minimum atomic E-state index is -0.168. The van der Waals surface area contributed by atoms with Crippen LogP contribution in [-0.4, -0.2) is 31.0 Å². The molecule has 0 aromatic heterocycles. The van der Waals surface area contributed by atoms with Crippen molar-refractivity contribution in [3.05, 3.63) is 66.2 Å². The van der Waals surface area contributed by atoms with Crippen molar-refractivity contribution in [1.82, 2.24) is 5.32 Å². The second-order valence-electron chi connectivity index (χ2n) is 4.43. The first-order chi connectivity index (χ1) is 10.8. The van der Waals surface area contributed by atoms with E-state index >= 15 is 0 Å². The Labute approximate surface area is 134 Å². The fraction of sp³-hybridized carbons (Fsp3) is 0.176. The van der Waals surface area contributed by atoms with Crippen LogP contribution in [0.1, 0.15) is 5.56 Å². The second kappa shape index (κ2) is 9.63. The first-order valence-corrected chi connectivity index (χ1v) is 7.98. The fourth-order valence-electron chi connectivity index (χ4n) is 1.66. The Kier molecular flexibility index (Phi) is 7.05. The third kappa shape index (κ3) is 6.45. The number of hydrogen-bond donors (Lipinski definition) is 1. The van der Waals surface area contributed by atoms with Gasteiger partial charge in [0, 0.05) is 17.2 Å². The van der Waals surface area contributed by atoms with Crippen LogP contribution in [0.4, 0.5) is 0 Å². The molecule has 0 aliphatic rings. The van der Waals surface area contributed by atoms with E-state index in [0.717, 1.165) is 11.3 Å². The van der Waals surface area contributed by atoms with Crippen LogP contribution < -0.4 is 5.32 Å². The standard InChI is InChI=1S/C17H18N2O2S/c20-17(14-21-19-13-15-7-3-1-4-8-15)18-11-12-22-16-9-5-2-6-10-16/h1-10,13H,11-12,14H2,(H,18,20)/b19-13-. The van der Waals surface area contributed by atoms with Gasteiger partial charge in [0.15, 0.2) is 6.61 Å². The lowest BCUT2D eigenvalue weighted by Crippen LogP contribution is -2.28. The highest BCUT2D eigenvalue weighted by atomic mass is 32.2. The van der Waals surface area contributed by atoms with Crippen LogP contribution in [0.15, 0.2) is 70.7 Å². The summed E-state index contributed by atoms with van der Waals surface area (Å²) >= 11 is 1.70. The monoisotopic (exact) mass is 314 g/mol. The molecule has 114 valence electrons. The molecule has 22 heavy (non-hydrogen) atoms. The predicted molar refractivity (Wildman–Crippen MR) is 90.2 cm³/mol. The molecule has 0 aliphatic carbocycles. The Morgan fingerprint density at radius 3 is 2.50 bits per heavy atom. The van der Waals surface area contributed by atoms with Gasteiger partial charge in [-0.3, -0.25) is 4.79 Å². The van der Waals surface area contributed by atoms with Crippen LogP contribution in [0.5, 0.6) is 0 Å². The van der Waals surface area contributed by atoms with Gasteiger partial charge in [0.1, 0.15) is 0 Å². The number of thioether (sulfide) groups is 1. The van der Waals surface area contributed by atoms with Crippen molar-refractivity contribution in [1.29, 1.82) is 0 Å². The average Bonchev–Trinajstić information content (AvgIpc) is 2.57. The van der Waals surface area contributed by atoms with Crippen LogP contribution in [0, 0.1) is 0 Å². The van der Waals surface area contributed by atoms with Gasteiger partial charge in [-0.05, 0) is 17.7 Å². The number of carbonyl (C=O) groups is 1. The van der Waals surface area contributed by atoms with Gasteiger partial charge in [-0.1, -0.05) is 53.7 Å². The van der Waals surface area contributed by atoms with Gasteiger partial charge in [-0.15, -0.1) is 11.8 Å². The smallest absolute Gasteiger partial charge is 0.260 e. The minimum absolute atomic E-state index is 0.0701. The summed E-state index contributed by atoms with van der Waals surface area (Å²) in [6, 6.07) is 19.7. The molecule has 0 saturated heterocycles. The lowest BCUT2D eigenvalue weighted by Gasteiger charge is -2.04. The molecule has 1 N–H and O–H groups in total. The molecule has 0 radical (unpaired) electrons. The van der Waals surface area contributed by atoms with Gasteiger partial charge in [0.2, 0.25) is 0 Å². The molecular formula is C17H18N2O2S. The van der Waals surface area contributed by atoms with Crippen molar-refractivity contribution in [2.45, 2.75) is 4.90 Å². The molecule has 0 atom stereocenters. The van der Waals surface area contributed by atoms with E-state index in [1.165, 1.54) is 4.90 Å². The first-order valence-electron chi connectivity index (χ1n) is 6.99. The third-order valence-electron chi connectivity index (χ3n) is 2.71. The van der Waals surface area contributed by atoms with Gasteiger partial charge in [0.05, 0.1) is 6.21 Å². The highest BCUT2D eigenvalue weighted by Crippen LogP contribution is 2.15. The minimum Gasteiger partial charge on any atom is -0.386 e. The van der Waals surface area contributed by atoms with Gasteiger partial charge in [-0.2, -0.15) is 0 Å². The normalized spacial score (nSPS) is 10.5. The fourth-order valence-corrected chi connectivity index (χ4v) is 2.45. The number of nitrogens with one attached hydrogen (secondary N) is 1. The van der Waals surface area contributed by atoms with E-state index in [2.05, 4.69) is 10.5 Å². The maximum atomic E-state index is 11.5. The van der Waals surface area contributed by atoms with Crippen molar-refractivity contribution in [3.63, 3.8) is 0 Å². The van der Waals surface area contributed by atoms with Crippen molar-refractivity contribution >= 4 is 23.9 Å². The molecule has 0 bridgehead atoms. The maximum absolute atomic E-state index is 11.5. The number of carbonyl (C=O) groups excluding carboxylic acids is 1. The molecule has 1 amide bonds. The maximum Gasteiger partial charge on any atom is 0.260 e. The number of benzene rings is 2. The molecule has 5 heteroatoms. The lowest BCUT2D eigenvalue weighted by atomic mass is 10.2. The molecule has 0 spiro atoms. The number of hydrogen-bond acceptors (Lipinski definition) is 4. The molecule has 2 aromatic rings. The Bertz CT molecular complexity index is 588. The van der Waals surface area contributed by atoms with Gasteiger partial charge in [-0.25, -0.2) is 0 Å². The summed E-state index contributed by atoms with van der Waals surface area (Å²) in [5.41, 5.74) is 0.933. The highest BCUT2D eigenvalue weighted by molar-refractivity contribution is 7.99. The largest absolute Gasteiger partial charge is 0.386 e. The van der Waals surface area contributed by atoms with Gasteiger partial charge < -0.3 is 10.2 Å². The summed E-state index contributed by atoms with van der Waals surface area (Å²) in [6.45, 7) is 0.531. The predicted octanol–water partition coefficient (Wildman–Crippen LogP) is 2.95. The van der Waals surface area contributed by atoms with E-state index < -0.39 is 0 Å². The molecule has 0 saturated carbocycles. The third-order valence-corrected chi connectivity index (χ3v) is 3.72. The SMILES string of the molecule is O=C(CO/N=C\c1ccccc1)NCCSc1ccccc1. The summed E-state index contributed by atoms with van der Waals surface area (Å²) in [5.74, 6) is 0.655. The number of oxime groups is 1. The number of nitrogens with zero attached hydrogens (tertiary/aromatic N) is 1. The molecule has 4 nitrogen and oxygen atoms in total. The summed E-state index contributed by atoms with van der Waals surface area (Å²) in [7, 11) is 0. The summed E-state index contributed by atoms with van der Waals surface area (Å²) < 4.78 is 0. The van der Waals surface area contributed by atoms with Crippen LogP contribution >= 0.6 is 11.8 Å². The molecule has 0 unspecified atom stereocenters. The van der Waals surface area contributed by atoms with E-state index in [-0.39, 0.29) is 12.5 Å². The van der Waals surface area contributed by atoms with Crippen molar-refractivity contribution < 1.29 is 9.63 Å². The van der Waals surface area contributed by atoms with Crippen LogP contribution in [-0.2, 0) is 9.63 Å². The van der Waals surface area contributed by atoms with Gasteiger partial charge in [0.25, 0.3) is 5.91 Å². The molecule has 0 aliphatic heterocycles. The second-order valence-corrected chi connectivity index (χ2v) is 5.60. The van der Waals surface area contributed by atoms with Crippen molar-refractivity contribution in [2.24, 2.45) is 5.16 Å². The average molecular weight is 314 g/mol. The topological polar surface area (TPSA) is 50.7 Å². The lowest BCUT2D eigenvalue weighted by molar-refractivity contribution is -0.125. The van der Waals surface area contributed by atoms with E-state index in [1.54, 1.807) is 18.0 Å². The van der Waals surface area contributed by atoms with Crippen LogP contribution in [0.2, 0.25) is 0 Å². The quantitative estimate of drug-likeness (QED) is 0.353. The number of amides is 1. The Morgan fingerprint density at radius 1 is 1.09 bits per heavy atom.